The summed E-state index contributed by atoms with van der Waals surface area (Å²) in [5, 5.41) is 0. The first-order chi connectivity index (χ1) is 14.2. The Bertz CT molecular complexity index is 901. The van der Waals surface area contributed by atoms with E-state index in [9.17, 15) is 9.59 Å². The molecule has 0 amide bonds. The summed E-state index contributed by atoms with van der Waals surface area (Å²) in [4.78, 5) is 31.5. The highest BCUT2D eigenvalue weighted by Crippen LogP contribution is 2.47. The number of nitrogens with zero attached hydrogens (tertiary/aromatic N) is 1. The number of hydrogen-bond donors (Lipinski definition) is 0. The summed E-state index contributed by atoms with van der Waals surface area (Å²) in [7, 11) is 0. The molecule has 1 heterocycles. The molecule has 30 heavy (non-hydrogen) atoms. The number of carbonyl (C=O) groups is 2. The van der Waals surface area contributed by atoms with Crippen LogP contribution in [0.1, 0.15) is 82.8 Å². The molecule has 1 unspecified atom stereocenters. The molecular formula is C26H33NO3. The lowest BCUT2D eigenvalue weighted by atomic mass is 9.63. The summed E-state index contributed by atoms with van der Waals surface area (Å²) < 4.78 is 5.96. The molecule has 2 fully saturated rings. The van der Waals surface area contributed by atoms with E-state index in [2.05, 4.69) is 38.1 Å². The monoisotopic (exact) mass is 407 g/mol. The standard InChI is InChI=1S/C26H33NO3/c1-16-10-12-18(13-11-16)23-22(25(29)30-19-8-6-5-7-9-19)17(2)27-20-14-26(3,4)15-21(28)24(20)23/h10-13,19,23-24H,5-9,14-15H2,1-4H3/t23-,24?/m0/s1. The Labute approximate surface area is 179 Å². The van der Waals surface area contributed by atoms with Crippen LogP contribution >= 0.6 is 0 Å². The number of aliphatic imine (C=N–C) groups is 1. The van der Waals surface area contributed by atoms with Crippen molar-refractivity contribution in [3.8, 4) is 0 Å². The van der Waals surface area contributed by atoms with Gasteiger partial charge in [-0.3, -0.25) is 9.79 Å². The van der Waals surface area contributed by atoms with Crippen LogP contribution in [0.15, 0.2) is 40.5 Å². The molecule has 1 aromatic carbocycles. The number of aryl methyl sites for hydroxylation is 1. The molecule has 0 N–H and O–H groups in total. The molecule has 4 nitrogen and oxygen atoms in total. The molecule has 2 atom stereocenters. The maximum absolute atomic E-state index is 13.4. The van der Waals surface area contributed by atoms with Gasteiger partial charge in [-0.1, -0.05) is 50.1 Å². The van der Waals surface area contributed by atoms with Crippen LogP contribution in [0.2, 0.25) is 0 Å². The van der Waals surface area contributed by atoms with E-state index < -0.39 is 0 Å². The Morgan fingerprint density at radius 3 is 2.33 bits per heavy atom. The number of fused-ring (bicyclic) bond motifs is 1. The van der Waals surface area contributed by atoms with Gasteiger partial charge in [0.1, 0.15) is 11.9 Å². The molecule has 0 aromatic heterocycles. The minimum Gasteiger partial charge on any atom is -0.459 e. The largest absolute Gasteiger partial charge is 0.459 e. The topological polar surface area (TPSA) is 55.7 Å². The van der Waals surface area contributed by atoms with Gasteiger partial charge in [-0.25, -0.2) is 4.79 Å². The molecular weight excluding hydrogens is 374 g/mol. The second kappa shape index (κ2) is 8.13. The predicted octanol–water partition coefficient (Wildman–Crippen LogP) is 5.69. The van der Waals surface area contributed by atoms with E-state index in [0.717, 1.165) is 48.9 Å². The number of ketones is 1. The summed E-state index contributed by atoms with van der Waals surface area (Å²) in [6, 6.07) is 8.21. The number of rotatable bonds is 3. The first-order valence-electron chi connectivity index (χ1n) is 11.3. The number of benzene rings is 1. The Balaban J connectivity index is 1.75. The predicted molar refractivity (Wildman–Crippen MR) is 119 cm³/mol. The van der Waals surface area contributed by atoms with Crippen LogP contribution in [0.4, 0.5) is 0 Å². The van der Waals surface area contributed by atoms with Gasteiger partial charge < -0.3 is 4.74 Å². The molecule has 0 saturated heterocycles. The van der Waals surface area contributed by atoms with Crippen molar-refractivity contribution in [3.05, 3.63) is 46.7 Å². The quantitative estimate of drug-likeness (QED) is 0.605. The van der Waals surface area contributed by atoms with Gasteiger partial charge in [-0.05, 0) is 56.9 Å². The van der Waals surface area contributed by atoms with Gasteiger partial charge in [0.25, 0.3) is 0 Å². The second-order valence-electron chi connectivity index (χ2n) is 10.1. The van der Waals surface area contributed by atoms with Crippen LogP contribution in [-0.4, -0.2) is 23.6 Å². The van der Waals surface area contributed by atoms with E-state index in [-0.39, 0.29) is 35.1 Å². The summed E-state index contributed by atoms with van der Waals surface area (Å²) >= 11 is 0. The zero-order valence-corrected chi connectivity index (χ0v) is 18.7. The number of esters is 1. The van der Waals surface area contributed by atoms with Crippen molar-refractivity contribution >= 4 is 17.5 Å². The molecule has 160 valence electrons. The van der Waals surface area contributed by atoms with Crippen LogP contribution in [0.5, 0.6) is 0 Å². The van der Waals surface area contributed by atoms with E-state index in [1.54, 1.807) is 0 Å². The van der Waals surface area contributed by atoms with Gasteiger partial charge >= 0.3 is 5.97 Å². The van der Waals surface area contributed by atoms with E-state index >= 15 is 0 Å². The van der Waals surface area contributed by atoms with E-state index in [1.165, 1.54) is 6.42 Å². The molecule has 2 aliphatic carbocycles. The number of ether oxygens (including phenoxy) is 1. The average molecular weight is 408 g/mol. The highest BCUT2D eigenvalue weighted by molar-refractivity contribution is 6.12. The number of hydrogen-bond acceptors (Lipinski definition) is 4. The molecule has 2 saturated carbocycles. The van der Waals surface area contributed by atoms with Crippen LogP contribution in [0, 0.1) is 18.3 Å². The number of allylic oxidation sites excluding steroid dienone is 1. The molecule has 3 aliphatic rings. The van der Waals surface area contributed by atoms with E-state index in [4.69, 9.17) is 9.73 Å². The van der Waals surface area contributed by atoms with Gasteiger partial charge in [0, 0.05) is 23.7 Å². The van der Waals surface area contributed by atoms with Crippen LogP contribution in [0.3, 0.4) is 0 Å². The lowest BCUT2D eigenvalue weighted by Gasteiger charge is -2.41. The maximum atomic E-state index is 13.4. The van der Waals surface area contributed by atoms with Gasteiger partial charge in [0.05, 0.1) is 11.5 Å². The zero-order chi connectivity index (χ0) is 21.5. The van der Waals surface area contributed by atoms with Crippen LogP contribution < -0.4 is 0 Å². The summed E-state index contributed by atoms with van der Waals surface area (Å²) in [6.07, 6.45) is 6.57. The molecule has 1 aromatic rings. The molecule has 0 bridgehead atoms. The van der Waals surface area contributed by atoms with Crippen molar-refractivity contribution in [1.29, 1.82) is 0 Å². The number of carbonyl (C=O) groups excluding carboxylic acids is 2. The first-order valence-corrected chi connectivity index (χ1v) is 11.3. The average Bonchev–Trinajstić information content (AvgIpc) is 2.67. The fourth-order valence-electron chi connectivity index (χ4n) is 5.39. The second-order valence-corrected chi connectivity index (χ2v) is 10.1. The minimum absolute atomic E-state index is 0.0171. The Morgan fingerprint density at radius 2 is 1.67 bits per heavy atom. The van der Waals surface area contributed by atoms with Crippen molar-refractivity contribution < 1.29 is 14.3 Å². The third-order valence-corrected chi connectivity index (χ3v) is 6.85. The van der Waals surface area contributed by atoms with Crippen LogP contribution in [0.25, 0.3) is 0 Å². The molecule has 1 aliphatic heterocycles. The third-order valence-electron chi connectivity index (χ3n) is 6.85. The zero-order valence-electron chi connectivity index (χ0n) is 18.7. The minimum atomic E-state index is -0.363. The lowest BCUT2D eigenvalue weighted by molar-refractivity contribution is -0.146. The van der Waals surface area contributed by atoms with Crippen molar-refractivity contribution in [3.63, 3.8) is 0 Å². The molecule has 4 heteroatoms. The Hall–Kier alpha value is -2.23. The Morgan fingerprint density at radius 1 is 1.00 bits per heavy atom. The van der Waals surface area contributed by atoms with Gasteiger partial charge in [-0.2, -0.15) is 0 Å². The third kappa shape index (κ3) is 4.14. The summed E-state index contributed by atoms with van der Waals surface area (Å²) in [6.45, 7) is 8.19. The SMILES string of the molecule is CC1=C(C(=O)OC2CCCCC2)[C@H](c2ccc(C)cc2)C2C(=O)CC(C)(C)CC2=N1. The van der Waals surface area contributed by atoms with Crippen molar-refractivity contribution in [2.24, 2.45) is 16.3 Å². The molecule has 0 spiro atoms. The lowest BCUT2D eigenvalue weighted by Crippen LogP contribution is -2.44. The van der Waals surface area contributed by atoms with Gasteiger partial charge in [0.15, 0.2) is 0 Å². The van der Waals surface area contributed by atoms with Gasteiger partial charge in [-0.15, -0.1) is 0 Å². The van der Waals surface area contributed by atoms with E-state index in [1.807, 2.05) is 13.8 Å². The highest BCUT2D eigenvalue weighted by Gasteiger charge is 2.47. The van der Waals surface area contributed by atoms with E-state index in [0.29, 0.717) is 17.7 Å². The fraction of sp³-hybridized carbons (Fsp3) is 0.577. The summed E-state index contributed by atoms with van der Waals surface area (Å²) in [5.41, 5.74) is 4.27. The normalized spacial score (nSPS) is 26.8. The smallest absolute Gasteiger partial charge is 0.336 e. The van der Waals surface area contributed by atoms with Crippen molar-refractivity contribution in [1.82, 2.24) is 0 Å². The van der Waals surface area contributed by atoms with Crippen molar-refractivity contribution in [2.45, 2.75) is 84.7 Å². The van der Waals surface area contributed by atoms with Gasteiger partial charge in [0.2, 0.25) is 0 Å². The highest BCUT2D eigenvalue weighted by atomic mass is 16.5. The number of Topliss-reactive ketones (excluding diaryl/α,β-unsaturated/α-hetero) is 1. The summed E-state index contributed by atoms with van der Waals surface area (Å²) in [5.74, 6) is -0.771. The fourth-order valence-corrected chi connectivity index (χ4v) is 5.39. The van der Waals surface area contributed by atoms with Crippen LogP contribution in [-0.2, 0) is 14.3 Å². The Kier molecular flexibility index (Phi) is 5.69. The molecule has 0 radical (unpaired) electrons. The molecule has 4 rings (SSSR count). The van der Waals surface area contributed by atoms with Crippen molar-refractivity contribution in [2.75, 3.05) is 0 Å². The maximum Gasteiger partial charge on any atom is 0.336 e. The first kappa shape index (κ1) is 21.0.